The molecule has 0 spiro atoms. The van der Waals surface area contributed by atoms with Gasteiger partial charge in [0.2, 0.25) is 0 Å². The number of benzene rings is 9. The molecule has 0 bridgehead atoms. The van der Waals surface area contributed by atoms with Crippen LogP contribution in [0.2, 0.25) is 0 Å². The molecule has 0 saturated carbocycles. The first-order valence-electron chi connectivity index (χ1n) is 33.4. The third kappa shape index (κ3) is 9.14. The van der Waals surface area contributed by atoms with Crippen LogP contribution in [0.1, 0.15) is 104 Å². The van der Waals surface area contributed by atoms with Crippen molar-refractivity contribution < 1.29 is 49.6 Å². The van der Waals surface area contributed by atoms with E-state index in [1.165, 1.54) is 4.57 Å². The summed E-state index contributed by atoms with van der Waals surface area (Å²) in [4.78, 5) is 4.89. The van der Waals surface area contributed by atoms with Crippen LogP contribution in [-0.2, 0) is 31.9 Å². The Labute approximate surface area is 503 Å². The number of hydrogen-bond acceptors (Lipinski definition) is 2. The predicted octanol–water partition coefficient (Wildman–Crippen LogP) is 18.4. The van der Waals surface area contributed by atoms with E-state index in [1.807, 2.05) is 113 Å². The largest absolute Gasteiger partial charge is 0.510 e. The molecular formula is C73H63N5OPt-2. The molecule has 9 aromatic carbocycles. The number of rotatable bonds is 10. The van der Waals surface area contributed by atoms with Crippen LogP contribution < -0.4 is 9.30 Å². The topological polar surface area (TPSA) is 40.8 Å². The number of imidazole rings is 1. The Morgan fingerprint density at radius 3 is 1.89 bits per heavy atom. The molecule has 13 rings (SSSR count). The van der Waals surface area contributed by atoms with Crippen LogP contribution >= 0.6 is 0 Å². The number of pyridine rings is 1. The van der Waals surface area contributed by atoms with E-state index in [2.05, 4.69) is 78.2 Å². The normalized spacial score (nSPS) is 15.4. The monoisotopic (exact) mass is 1230 g/mol. The summed E-state index contributed by atoms with van der Waals surface area (Å²) < 4.78 is 142. The van der Waals surface area contributed by atoms with Gasteiger partial charge in [-0.25, -0.2) is 4.98 Å². The van der Waals surface area contributed by atoms with Crippen LogP contribution in [0.5, 0.6) is 11.5 Å². The van der Waals surface area contributed by atoms with Crippen molar-refractivity contribution in [2.24, 2.45) is 5.92 Å². The second-order valence-corrected chi connectivity index (χ2v) is 22.4. The van der Waals surface area contributed by atoms with Crippen LogP contribution in [0.25, 0.3) is 99.8 Å². The molecule has 0 aliphatic rings. The minimum absolute atomic E-state index is 0. The van der Waals surface area contributed by atoms with E-state index in [-0.39, 0.29) is 94.5 Å². The van der Waals surface area contributed by atoms with Gasteiger partial charge in [-0.2, -0.15) is 12.1 Å². The predicted molar refractivity (Wildman–Crippen MR) is 326 cm³/mol. The first-order chi connectivity index (χ1) is 43.9. The van der Waals surface area contributed by atoms with Crippen molar-refractivity contribution in [3.05, 3.63) is 241 Å². The van der Waals surface area contributed by atoms with Crippen molar-refractivity contribution in [3.8, 4) is 56.6 Å². The van der Waals surface area contributed by atoms with E-state index in [0.717, 1.165) is 16.7 Å². The van der Waals surface area contributed by atoms with Gasteiger partial charge in [0.25, 0.3) is 6.33 Å². The molecule has 13 aromatic rings. The van der Waals surface area contributed by atoms with Gasteiger partial charge in [-0.15, -0.1) is 24.3 Å². The molecule has 0 aliphatic carbocycles. The van der Waals surface area contributed by atoms with Crippen LogP contribution in [-0.4, -0.2) is 18.7 Å². The Kier molecular flexibility index (Phi) is 9.78. The van der Waals surface area contributed by atoms with E-state index in [1.54, 1.807) is 30.5 Å². The molecule has 4 heterocycles. The molecule has 398 valence electrons. The summed E-state index contributed by atoms with van der Waals surface area (Å²) in [6, 6.07) is 38.5. The van der Waals surface area contributed by atoms with Gasteiger partial charge in [0, 0.05) is 56.4 Å². The fraction of sp³-hybridized carbons (Fsp3) is 0.178. The summed E-state index contributed by atoms with van der Waals surface area (Å²) in [7, 11) is 0. The van der Waals surface area contributed by atoms with Gasteiger partial charge in [0.15, 0.2) is 0 Å². The molecule has 4 aromatic heterocycles. The summed E-state index contributed by atoms with van der Waals surface area (Å²) in [6.07, 6.45) is 5.27. The quantitative estimate of drug-likeness (QED) is 0.101. The Hall–Kier alpha value is -8.31. The molecule has 7 heteroatoms. The van der Waals surface area contributed by atoms with Crippen molar-refractivity contribution in [1.82, 2.24) is 18.7 Å². The fourth-order valence-electron chi connectivity index (χ4n) is 10.6. The molecule has 1 atom stereocenters. The second kappa shape index (κ2) is 20.4. The molecule has 6 nitrogen and oxygen atoms in total. The molecule has 1 unspecified atom stereocenters. The summed E-state index contributed by atoms with van der Waals surface area (Å²) in [5.74, 6) is -0.469. The molecule has 0 saturated heterocycles. The van der Waals surface area contributed by atoms with Crippen LogP contribution in [0.4, 0.5) is 0 Å². The van der Waals surface area contributed by atoms with E-state index >= 15 is 0 Å². The number of nitrogens with zero attached hydrogens (tertiary/aromatic N) is 5. The van der Waals surface area contributed by atoms with Crippen LogP contribution in [0, 0.1) is 24.4 Å². The Balaban J connectivity index is 0.00000848. The summed E-state index contributed by atoms with van der Waals surface area (Å²) in [5, 5.41) is 0.909. The first kappa shape index (κ1) is 38.3. The van der Waals surface area contributed by atoms with Gasteiger partial charge in [-0.05, 0) is 109 Å². The van der Waals surface area contributed by atoms with E-state index in [9.17, 15) is 9.60 Å². The molecule has 0 radical (unpaired) electrons. The average molecular weight is 1240 g/mol. The number of ether oxygens (including phenoxy) is 1. The summed E-state index contributed by atoms with van der Waals surface area (Å²) in [6.45, 7) is 18.8. The van der Waals surface area contributed by atoms with Crippen LogP contribution in [0.3, 0.4) is 0 Å². The zero-order valence-corrected chi connectivity index (χ0v) is 47.9. The van der Waals surface area contributed by atoms with Crippen molar-refractivity contribution in [2.45, 2.75) is 79.0 Å². The molecule has 0 amide bonds. The van der Waals surface area contributed by atoms with Gasteiger partial charge in [0.05, 0.1) is 45.6 Å². The first-order valence-corrected chi connectivity index (χ1v) is 26.4. The van der Waals surface area contributed by atoms with Gasteiger partial charge >= 0.3 is 0 Å². The summed E-state index contributed by atoms with van der Waals surface area (Å²) >= 11 is 0. The minimum Gasteiger partial charge on any atom is -0.510 e. The zero-order valence-electron chi connectivity index (χ0n) is 59.7. The Morgan fingerprint density at radius 2 is 1.20 bits per heavy atom. The number of hydrogen-bond donors (Lipinski definition) is 0. The molecule has 0 N–H and O–H groups in total. The maximum absolute atomic E-state index is 9.54. The second-order valence-electron chi connectivity index (χ2n) is 22.4. The van der Waals surface area contributed by atoms with Crippen molar-refractivity contribution in [1.29, 1.82) is 0 Å². The van der Waals surface area contributed by atoms with Crippen molar-refractivity contribution in [3.63, 3.8) is 0 Å². The van der Waals surface area contributed by atoms with Gasteiger partial charge in [-0.1, -0.05) is 219 Å². The smallest absolute Gasteiger partial charge is 0.268 e. The number of para-hydroxylation sites is 6. The van der Waals surface area contributed by atoms with E-state index in [4.69, 9.17) is 19.3 Å². The maximum atomic E-state index is 9.54. The standard InChI is InChI=1S/C73H63N5O.Pt/c1-47(2)48(3)50-37-38-74-69(41-50)78-64-34-18-15-29-61(64)70-67(77-62-32-16-13-27-59(62)60-28-14-17-33-63(60)77)44-56(45-68(70)78)79-55-26-21-25-54(43-55)75-46-76(66-36-20-19-35-65(66)75)71-57(49-23-11-10-12-24-49)30-22-31-58(71)51-39-52(72(4,5)6)42-53(40-51)73(7,8)9;/h10-42,44,47-48H,1-9H3;/q-2;/i10D,11D,12D,13D,14D,16D,17D,23D,24D,27D,28D,32D,33D,48D;. The third-order valence-electron chi connectivity index (χ3n) is 15.0. The molecule has 0 aliphatic heterocycles. The van der Waals surface area contributed by atoms with Gasteiger partial charge in [0.1, 0.15) is 5.82 Å². The van der Waals surface area contributed by atoms with Crippen molar-refractivity contribution in [2.75, 3.05) is 0 Å². The SMILES string of the molecule is [2H]c1c([2H])c([2H])c(-c2cccc(-c3cc(C(C)(C)C)cc(C(C)(C)C)c3)c2-[n+]2[c-]n(-c3[c-]c(Oc4[c-]c5c(c(-n6c7c([2H])c([2H])c([2H])c([2H])c7c7c([2H])c([2H])c([2H])c([2H])c76)c4)c4ccccc4n5-c4cc(C([2H])(C)C(C)C)ccn4)ccc3)c3ccccc32)c([2H])c1[2H].[Pt]. The summed E-state index contributed by atoms with van der Waals surface area (Å²) in [5.41, 5.74) is 7.56. The van der Waals surface area contributed by atoms with Gasteiger partial charge < -0.3 is 18.4 Å². The van der Waals surface area contributed by atoms with Crippen molar-refractivity contribution >= 4 is 54.6 Å². The third-order valence-corrected chi connectivity index (χ3v) is 15.0. The molecule has 0 fully saturated rings. The molecule has 80 heavy (non-hydrogen) atoms. The molecular weight excluding hydrogens is 1160 g/mol. The minimum atomic E-state index is -1.04. The number of aromatic nitrogens is 5. The van der Waals surface area contributed by atoms with Crippen LogP contribution in [0.15, 0.2) is 206 Å². The van der Waals surface area contributed by atoms with Gasteiger partial charge in [-0.3, -0.25) is 4.57 Å². The van der Waals surface area contributed by atoms with E-state index in [0.29, 0.717) is 66.7 Å². The van der Waals surface area contributed by atoms with E-state index < -0.39 is 72.4 Å². The Bertz CT molecular complexity index is 5210. The number of fused-ring (bicyclic) bond motifs is 7. The average Bonchev–Trinajstić information content (AvgIpc) is 1.53. The fourth-order valence-corrected chi connectivity index (χ4v) is 10.6. The Morgan fingerprint density at radius 1 is 0.575 bits per heavy atom. The maximum Gasteiger partial charge on any atom is 0.268 e. The zero-order chi connectivity index (χ0) is 66.6.